The Morgan fingerprint density at radius 1 is 1.38 bits per heavy atom. The number of nitrogens with zero attached hydrogens (tertiary/aromatic N) is 1. The molecule has 2 heteroatoms. The lowest BCUT2D eigenvalue weighted by Crippen LogP contribution is -2.47. The molecule has 0 radical (unpaired) electrons. The summed E-state index contributed by atoms with van der Waals surface area (Å²) in [6, 6.07) is 2.86. The minimum absolute atomic E-state index is 0.288. The van der Waals surface area contributed by atoms with E-state index in [1.54, 1.807) is 0 Å². The summed E-state index contributed by atoms with van der Waals surface area (Å²) in [5.41, 5.74) is -0.288. The summed E-state index contributed by atoms with van der Waals surface area (Å²) in [5.74, 6) is 0. The van der Waals surface area contributed by atoms with E-state index in [4.69, 9.17) is 5.26 Å². The van der Waals surface area contributed by atoms with Gasteiger partial charge in [0.05, 0.1) is 6.07 Å². The molecular weight excluding hydrogens is 160 g/mol. The molecule has 0 aliphatic heterocycles. The van der Waals surface area contributed by atoms with Crippen molar-refractivity contribution in [2.75, 3.05) is 0 Å². The van der Waals surface area contributed by atoms with Gasteiger partial charge in [0.25, 0.3) is 0 Å². The van der Waals surface area contributed by atoms with E-state index < -0.39 is 0 Å². The fourth-order valence-corrected chi connectivity index (χ4v) is 1.52. The van der Waals surface area contributed by atoms with Crippen LogP contribution < -0.4 is 5.32 Å². The van der Waals surface area contributed by atoms with Crippen molar-refractivity contribution < 1.29 is 0 Å². The molecule has 0 heterocycles. The van der Waals surface area contributed by atoms with Crippen molar-refractivity contribution in [3.05, 3.63) is 0 Å². The van der Waals surface area contributed by atoms with Crippen molar-refractivity contribution in [3.8, 4) is 6.07 Å². The molecule has 76 valence electrons. The van der Waals surface area contributed by atoms with E-state index in [-0.39, 0.29) is 5.54 Å². The molecule has 0 fully saturated rings. The molecule has 2 unspecified atom stereocenters. The lowest BCUT2D eigenvalue weighted by Gasteiger charge is -2.29. The Morgan fingerprint density at radius 3 is 2.31 bits per heavy atom. The number of hydrogen-bond acceptors (Lipinski definition) is 2. The molecule has 2 nitrogen and oxygen atoms in total. The first-order chi connectivity index (χ1) is 6.14. The second kappa shape index (κ2) is 5.99. The van der Waals surface area contributed by atoms with E-state index in [0.29, 0.717) is 6.04 Å². The Labute approximate surface area is 82.3 Å². The molecule has 0 aliphatic rings. The number of nitrogens with one attached hydrogen (secondary N) is 1. The Bertz CT molecular complexity index is 171. The van der Waals surface area contributed by atoms with Crippen molar-refractivity contribution in [2.24, 2.45) is 0 Å². The zero-order chi connectivity index (χ0) is 10.3. The maximum absolute atomic E-state index is 9.14. The fourth-order valence-electron chi connectivity index (χ4n) is 1.52. The number of nitriles is 1. The van der Waals surface area contributed by atoms with Crippen molar-refractivity contribution in [3.63, 3.8) is 0 Å². The lowest BCUT2D eigenvalue weighted by molar-refractivity contribution is 0.326. The van der Waals surface area contributed by atoms with Gasteiger partial charge in [-0.05, 0) is 26.2 Å². The van der Waals surface area contributed by atoms with Gasteiger partial charge < -0.3 is 0 Å². The van der Waals surface area contributed by atoms with Crippen LogP contribution in [0.15, 0.2) is 0 Å². The van der Waals surface area contributed by atoms with Gasteiger partial charge in [0.1, 0.15) is 5.54 Å². The molecule has 0 aromatic carbocycles. The monoisotopic (exact) mass is 182 g/mol. The SMILES string of the molecule is CCCC(C#N)(CC)NC(C)CC. The third-order valence-electron chi connectivity index (χ3n) is 2.63. The van der Waals surface area contributed by atoms with Crippen molar-refractivity contribution in [1.29, 1.82) is 5.26 Å². The fraction of sp³-hybridized carbons (Fsp3) is 0.909. The second-order valence-electron chi connectivity index (χ2n) is 3.75. The van der Waals surface area contributed by atoms with Gasteiger partial charge in [-0.1, -0.05) is 27.2 Å². The predicted molar refractivity (Wildman–Crippen MR) is 56.4 cm³/mol. The highest BCUT2D eigenvalue weighted by Gasteiger charge is 2.27. The van der Waals surface area contributed by atoms with Gasteiger partial charge in [-0.25, -0.2) is 0 Å². The van der Waals surface area contributed by atoms with Crippen LogP contribution >= 0.6 is 0 Å². The van der Waals surface area contributed by atoms with Crippen LogP contribution in [-0.4, -0.2) is 11.6 Å². The van der Waals surface area contributed by atoms with E-state index in [1.165, 1.54) is 0 Å². The molecule has 0 saturated carbocycles. The van der Waals surface area contributed by atoms with Crippen molar-refractivity contribution in [1.82, 2.24) is 5.32 Å². The van der Waals surface area contributed by atoms with Gasteiger partial charge in [-0.2, -0.15) is 5.26 Å². The zero-order valence-corrected chi connectivity index (χ0v) is 9.35. The highest BCUT2D eigenvalue weighted by molar-refractivity contribution is 5.06. The quantitative estimate of drug-likeness (QED) is 0.685. The molecule has 0 amide bonds. The normalized spacial score (nSPS) is 17.5. The third-order valence-corrected chi connectivity index (χ3v) is 2.63. The molecule has 13 heavy (non-hydrogen) atoms. The van der Waals surface area contributed by atoms with E-state index in [0.717, 1.165) is 25.7 Å². The molecule has 0 aromatic heterocycles. The Hall–Kier alpha value is -0.550. The summed E-state index contributed by atoms with van der Waals surface area (Å²) in [4.78, 5) is 0. The number of rotatable bonds is 6. The summed E-state index contributed by atoms with van der Waals surface area (Å²) >= 11 is 0. The summed E-state index contributed by atoms with van der Waals surface area (Å²) in [5, 5.41) is 12.6. The predicted octanol–water partition coefficient (Wildman–Crippen LogP) is 2.85. The molecule has 0 saturated heterocycles. The van der Waals surface area contributed by atoms with Crippen LogP contribution in [0.3, 0.4) is 0 Å². The maximum atomic E-state index is 9.14. The number of hydrogen-bond donors (Lipinski definition) is 1. The Balaban J connectivity index is 4.31. The molecule has 1 N–H and O–H groups in total. The van der Waals surface area contributed by atoms with E-state index in [1.807, 2.05) is 0 Å². The largest absolute Gasteiger partial charge is 0.297 e. The van der Waals surface area contributed by atoms with Crippen LogP contribution in [0.4, 0.5) is 0 Å². The van der Waals surface area contributed by atoms with Gasteiger partial charge in [0.2, 0.25) is 0 Å². The first kappa shape index (κ1) is 12.4. The molecule has 0 spiro atoms. The van der Waals surface area contributed by atoms with E-state index >= 15 is 0 Å². The molecule has 0 rings (SSSR count). The van der Waals surface area contributed by atoms with Crippen LogP contribution in [0, 0.1) is 11.3 Å². The Kier molecular flexibility index (Phi) is 5.73. The van der Waals surface area contributed by atoms with Crippen LogP contribution in [-0.2, 0) is 0 Å². The standard InChI is InChI=1S/C11H22N2/c1-5-8-11(7-3,9-12)13-10(4)6-2/h10,13H,5-8H2,1-4H3. The van der Waals surface area contributed by atoms with Crippen LogP contribution in [0.1, 0.15) is 53.4 Å². The molecule has 2 atom stereocenters. The van der Waals surface area contributed by atoms with Crippen LogP contribution in [0.5, 0.6) is 0 Å². The van der Waals surface area contributed by atoms with Crippen LogP contribution in [0.25, 0.3) is 0 Å². The molecular formula is C11H22N2. The average Bonchev–Trinajstić information content (AvgIpc) is 2.17. The highest BCUT2D eigenvalue weighted by Crippen LogP contribution is 2.17. The second-order valence-corrected chi connectivity index (χ2v) is 3.75. The smallest absolute Gasteiger partial charge is 0.106 e. The molecule has 0 bridgehead atoms. The molecule has 0 aliphatic carbocycles. The molecule has 0 aromatic rings. The summed E-state index contributed by atoms with van der Waals surface area (Å²) in [6.07, 6.45) is 3.98. The van der Waals surface area contributed by atoms with Crippen molar-refractivity contribution in [2.45, 2.75) is 65.0 Å². The minimum Gasteiger partial charge on any atom is -0.297 e. The maximum Gasteiger partial charge on any atom is 0.106 e. The van der Waals surface area contributed by atoms with E-state index in [2.05, 4.69) is 39.1 Å². The topological polar surface area (TPSA) is 35.8 Å². The first-order valence-electron chi connectivity index (χ1n) is 5.33. The van der Waals surface area contributed by atoms with Gasteiger partial charge in [0.15, 0.2) is 0 Å². The van der Waals surface area contributed by atoms with Gasteiger partial charge in [-0.15, -0.1) is 0 Å². The Morgan fingerprint density at radius 2 is 2.00 bits per heavy atom. The highest BCUT2D eigenvalue weighted by atomic mass is 15.0. The summed E-state index contributed by atoms with van der Waals surface area (Å²) in [6.45, 7) is 8.48. The van der Waals surface area contributed by atoms with Gasteiger partial charge >= 0.3 is 0 Å². The first-order valence-corrected chi connectivity index (χ1v) is 5.33. The zero-order valence-electron chi connectivity index (χ0n) is 9.35. The third kappa shape index (κ3) is 3.78. The van der Waals surface area contributed by atoms with E-state index in [9.17, 15) is 0 Å². The van der Waals surface area contributed by atoms with Crippen LogP contribution in [0.2, 0.25) is 0 Å². The summed E-state index contributed by atoms with van der Waals surface area (Å²) in [7, 11) is 0. The summed E-state index contributed by atoms with van der Waals surface area (Å²) < 4.78 is 0. The van der Waals surface area contributed by atoms with Gasteiger partial charge in [-0.3, -0.25) is 5.32 Å². The average molecular weight is 182 g/mol. The van der Waals surface area contributed by atoms with Crippen molar-refractivity contribution >= 4 is 0 Å². The lowest BCUT2D eigenvalue weighted by atomic mass is 9.91. The minimum atomic E-state index is -0.288. The van der Waals surface area contributed by atoms with Gasteiger partial charge in [0, 0.05) is 6.04 Å².